The minimum atomic E-state index is -0.345. The SMILES string of the molecule is COc1cc(F)ccc1NCc1c(Cl)cccc1OC. The molecule has 1 N–H and O–H groups in total. The molecule has 0 unspecified atom stereocenters. The summed E-state index contributed by atoms with van der Waals surface area (Å²) in [6.45, 7) is 0.449. The van der Waals surface area contributed by atoms with E-state index in [1.165, 1.54) is 19.2 Å². The molecule has 0 heterocycles. The topological polar surface area (TPSA) is 30.5 Å². The van der Waals surface area contributed by atoms with E-state index in [2.05, 4.69) is 5.32 Å². The van der Waals surface area contributed by atoms with E-state index in [1.807, 2.05) is 12.1 Å². The summed E-state index contributed by atoms with van der Waals surface area (Å²) in [7, 11) is 3.09. The van der Waals surface area contributed by atoms with Crippen molar-refractivity contribution in [2.24, 2.45) is 0 Å². The molecule has 20 heavy (non-hydrogen) atoms. The minimum Gasteiger partial charge on any atom is -0.496 e. The standard InChI is InChI=1S/C15H15ClFNO2/c1-19-14-5-3-4-12(16)11(14)9-18-13-7-6-10(17)8-15(13)20-2/h3-8,18H,9H2,1-2H3. The van der Waals surface area contributed by atoms with Crippen LogP contribution in [0.1, 0.15) is 5.56 Å². The Morgan fingerprint density at radius 2 is 1.85 bits per heavy atom. The third-order valence-electron chi connectivity index (χ3n) is 2.91. The van der Waals surface area contributed by atoms with E-state index in [9.17, 15) is 4.39 Å². The van der Waals surface area contributed by atoms with Gasteiger partial charge in [0.1, 0.15) is 17.3 Å². The van der Waals surface area contributed by atoms with E-state index in [-0.39, 0.29) is 5.82 Å². The van der Waals surface area contributed by atoms with E-state index in [4.69, 9.17) is 21.1 Å². The molecule has 0 aliphatic heterocycles. The Kier molecular flexibility index (Phi) is 4.69. The molecule has 0 fully saturated rings. The molecule has 0 bridgehead atoms. The average molecular weight is 296 g/mol. The van der Waals surface area contributed by atoms with Crippen LogP contribution in [0.25, 0.3) is 0 Å². The van der Waals surface area contributed by atoms with Gasteiger partial charge in [-0.2, -0.15) is 0 Å². The summed E-state index contributed by atoms with van der Waals surface area (Å²) in [4.78, 5) is 0. The Balaban J connectivity index is 2.21. The van der Waals surface area contributed by atoms with Crippen LogP contribution in [0.3, 0.4) is 0 Å². The van der Waals surface area contributed by atoms with Crippen molar-refractivity contribution in [3.63, 3.8) is 0 Å². The highest BCUT2D eigenvalue weighted by Gasteiger charge is 2.09. The largest absolute Gasteiger partial charge is 0.496 e. The van der Waals surface area contributed by atoms with Crippen molar-refractivity contribution in [2.75, 3.05) is 19.5 Å². The van der Waals surface area contributed by atoms with Crippen LogP contribution in [0.15, 0.2) is 36.4 Å². The monoisotopic (exact) mass is 295 g/mol. The van der Waals surface area contributed by atoms with Gasteiger partial charge in [0.25, 0.3) is 0 Å². The van der Waals surface area contributed by atoms with Crippen LogP contribution < -0.4 is 14.8 Å². The zero-order chi connectivity index (χ0) is 14.5. The summed E-state index contributed by atoms with van der Waals surface area (Å²) in [6, 6.07) is 9.77. The lowest BCUT2D eigenvalue weighted by Crippen LogP contribution is -2.04. The van der Waals surface area contributed by atoms with E-state index in [0.717, 1.165) is 5.56 Å². The van der Waals surface area contributed by atoms with Crippen LogP contribution in [-0.2, 0) is 6.54 Å². The maximum Gasteiger partial charge on any atom is 0.144 e. The smallest absolute Gasteiger partial charge is 0.144 e. The fourth-order valence-corrected chi connectivity index (χ4v) is 2.13. The van der Waals surface area contributed by atoms with Gasteiger partial charge in [-0.1, -0.05) is 17.7 Å². The lowest BCUT2D eigenvalue weighted by atomic mass is 10.2. The number of halogens is 2. The summed E-state index contributed by atoms with van der Waals surface area (Å²) in [5.74, 6) is 0.796. The first kappa shape index (κ1) is 14.5. The second-order valence-corrected chi connectivity index (χ2v) is 4.53. The molecular weight excluding hydrogens is 281 g/mol. The molecule has 0 atom stereocenters. The molecule has 0 aromatic heterocycles. The Hall–Kier alpha value is -1.94. The first-order valence-corrected chi connectivity index (χ1v) is 6.42. The van der Waals surface area contributed by atoms with Crippen LogP contribution in [0.2, 0.25) is 5.02 Å². The first-order chi connectivity index (χ1) is 9.65. The molecule has 0 aliphatic carbocycles. The molecular formula is C15H15ClFNO2. The van der Waals surface area contributed by atoms with Crippen LogP contribution in [0.4, 0.5) is 10.1 Å². The highest BCUT2D eigenvalue weighted by molar-refractivity contribution is 6.31. The van der Waals surface area contributed by atoms with Gasteiger partial charge in [-0.15, -0.1) is 0 Å². The minimum absolute atomic E-state index is 0.345. The Bertz CT molecular complexity index is 604. The van der Waals surface area contributed by atoms with Gasteiger partial charge < -0.3 is 14.8 Å². The van der Waals surface area contributed by atoms with Crippen molar-refractivity contribution in [1.82, 2.24) is 0 Å². The summed E-state index contributed by atoms with van der Waals surface area (Å²) in [6.07, 6.45) is 0. The predicted molar refractivity (Wildman–Crippen MR) is 78.3 cm³/mol. The van der Waals surface area contributed by atoms with Crippen LogP contribution in [0.5, 0.6) is 11.5 Å². The molecule has 106 valence electrons. The molecule has 5 heteroatoms. The van der Waals surface area contributed by atoms with Gasteiger partial charge in [-0.25, -0.2) is 4.39 Å². The van der Waals surface area contributed by atoms with E-state index < -0.39 is 0 Å². The molecule has 0 aliphatic rings. The second-order valence-electron chi connectivity index (χ2n) is 4.12. The molecule has 3 nitrogen and oxygen atoms in total. The highest BCUT2D eigenvalue weighted by atomic mass is 35.5. The molecule has 2 aromatic rings. The Labute approximate surface area is 122 Å². The van der Waals surface area contributed by atoms with Crippen molar-refractivity contribution in [3.05, 3.63) is 52.8 Å². The maximum atomic E-state index is 13.1. The third kappa shape index (κ3) is 3.14. The number of hydrogen-bond donors (Lipinski definition) is 1. The molecule has 0 amide bonds. The van der Waals surface area contributed by atoms with Gasteiger partial charge in [-0.05, 0) is 24.3 Å². The lowest BCUT2D eigenvalue weighted by molar-refractivity contribution is 0.409. The van der Waals surface area contributed by atoms with Crippen molar-refractivity contribution in [2.45, 2.75) is 6.54 Å². The summed E-state index contributed by atoms with van der Waals surface area (Å²) < 4.78 is 23.5. The van der Waals surface area contributed by atoms with Gasteiger partial charge in [-0.3, -0.25) is 0 Å². The van der Waals surface area contributed by atoms with Crippen molar-refractivity contribution < 1.29 is 13.9 Å². The van der Waals surface area contributed by atoms with Crippen molar-refractivity contribution in [1.29, 1.82) is 0 Å². The zero-order valence-corrected chi connectivity index (χ0v) is 12.0. The zero-order valence-electron chi connectivity index (χ0n) is 11.2. The fraction of sp³-hybridized carbons (Fsp3) is 0.200. The fourth-order valence-electron chi connectivity index (χ4n) is 1.90. The summed E-state index contributed by atoms with van der Waals surface area (Å²) >= 11 is 6.16. The van der Waals surface area contributed by atoms with Crippen LogP contribution >= 0.6 is 11.6 Å². The predicted octanol–water partition coefficient (Wildman–Crippen LogP) is 4.11. The number of rotatable bonds is 5. The number of nitrogens with one attached hydrogen (secondary N) is 1. The average Bonchev–Trinajstić information content (AvgIpc) is 2.46. The molecule has 2 rings (SSSR count). The lowest BCUT2D eigenvalue weighted by Gasteiger charge is -2.14. The van der Waals surface area contributed by atoms with Gasteiger partial charge in [0, 0.05) is 23.2 Å². The van der Waals surface area contributed by atoms with E-state index in [0.29, 0.717) is 28.8 Å². The normalized spacial score (nSPS) is 10.2. The summed E-state index contributed by atoms with van der Waals surface area (Å²) in [5, 5.41) is 3.78. The van der Waals surface area contributed by atoms with Gasteiger partial charge in [0.05, 0.1) is 19.9 Å². The van der Waals surface area contributed by atoms with E-state index >= 15 is 0 Å². The number of anilines is 1. The van der Waals surface area contributed by atoms with Gasteiger partial charge in [0.15, 0.2) is 0 Å². The van der Waals surface area contributed by atoms with Crippen LogP contribution in [-0.4, -0.2) is 14.2 Å². The molecule has 0 spiro atoms. The third-order valence-corrected chi connectivity index (χ3v) is 3.27. The number of benzene rings is 2. The van der Waals surface area contributed by atoms with Crippen molar-refractivity contribution in [3.8, 4) is 11.5 Å². The number of ether oxygens (including phenoxy) is 2. The Morgan fingerprint density at radius 3 is 2.55 bits per heavy atom. The quantitative estimate of drug-likeness (QED) is 0.900. The summed E-state index contributed by atoms with van der Waals surface area (Å²) in [5.41, 5.74) is 1.53. The number of methoxy groups -OCH3 is 2. The molecule has 0 saturated heterocycles. The van der Waals surface area contributed by atoms with E-state index in [1.54, 1.807) is 19.2 Å². The first-order valence-electron chi connectivity index (χ1n) is 6.04. The maximum absolute atomic E-state index is 13.1. The number of hydrogen-bond acceptors (Lipinski definition) is 3. The van der Waals surface area contributed by atoms with Crippen LogP contribution in [0, 0.1) is 5.82 Å². The highest BCUT2D eigenvalue weighted by Crippen LogP contribution is 2.30. The van der Waals surface area contributed by atoms with Gasteiger partial charge >= 0.3 is 0 Å². The molecule has 2 aromatic carbocycles. The van der Waals surface area contributed by atoms with Crippen molar-refractivity contribution >= 4 is 17.3 Å². The Morgan fingerprint density at radius 1 is 1.10 bits per heavy atom. The second kappa shape index (κ2) is 6.48. The molecule has 0 saturated carbocycles. The molecule has 0 radical (unpaired) electrons. The van der Waals surface area contributed by atoms with Gasteiger partial charge in [0.2, 0.25) is 0 Å².